The molecular formula is C12H7BrFN3. The Morgan fingerprint density at radius 1 is 1.12 bits per heavy atom. The fourth-order valence-electron chi connectivity index (χ4n) is 1.59. The first kappa shape index (κ1) is 10.4. The fourth-order valence-corrected chi connectivity index (χ4v) is 2.02. The summed E-state index contributed by atoms with van der Waals surface area (Å²) < 4.78 is 15.4. The molecule has 0 radical (unpaired) electrons. The number of pyridine rings is 1. The number of hydrogen-bond donors (Lipinski definition) is 0. The van der Waals surface area contributed by atoms with Crippen LogP contribution in [-0.2, 0) is 0 Å². The predicted molar refractivity (Wildman–Crippen MR) is 66.1 cm³/mol. The molecule has 0 fully saturated rings. The van der Waals surface area contributed by atoms with Crippen LogP contribution in [0, 0.1) is 5.82 Å². The Hall–Kier alpha value is -1.75. The first-order valence-electron chi connectivity index (χ1n) is 5.01. The molecule has 0 atom stereocenters. The molecule has 2 aromatic heterocycles. The third-order valence-electron chi connectivity index (χ3n) is 2.42. The Balaban J connectivity index is 2.18. The Morgan fingerprint density at radius 3 is 2.59 bits per heavy atom. The molecule has 0 aliphatic carbocycles. The second kappa shape index (κ2) is 3.92. The molecule has 17 heavy (non-hydrogen) atoms. The van der Waals surface area contributed by atoms with Crippen molar-refractivity contribution in [2.24, 2.45) is 0 Å². The van der Waals surface area contributed by atoms with Gasteiger partial charge in [0.15, 0.2) is 11.5 Å². The lowest BCUT2D eigenvalue weighted by Crippen LogP contribution is -1.86. The molecule has 0 aliphatic heterocycles. The normalized spacial score (nSPS) is 10.9. The number of rotatable bonds is 1. The highest BCUT2D eigenvalue weighted by Gasteiger charge is 2.08. The van der Waals surface area contributed by atoms with E-state index in [1.165, 1.54) is 12.1 Å². The summed E-state index contributed by atoms with van der Waals surface area (Å²) in [6.07, 6.45) is 1.82. The van der Waals surface area contributed by atoms with Gasteiger partial charge in [-0.25, -0.2) is 13.9 Å². The van der Waals surface area contributed by atoms with Gasteiger partial charge in [-0.2, -0.15) is 0 Å². The van der Waals surface area contributed by atoms with Gasteiger partial charge >= 0.3 is 0 Å². The molecule has 0 bridgehead atoms. The standard InChI is InChI=1S/C12H7BrFN3/c13-10-2-1-7-17-12(10)15-11(16-17)8-3-5-9(14)6-4-8/h1-7H. The van der Waals surface area contributed by atoms with Crippen LogP contribution in [-0.4, -0.2) is 14.6 Å². The smallest absolute Gasteiger partial charge is 0.182 e. The highest BCUT2D eigenvalue weighted by atomic mass is 79.9. The first-order valence-corrected chi connectivity index (χ1v) is 5.80. The zero-order valence-corrected chi connectivity index (χ0v) is 10.2. The number of nitrogens with zero attached hydrogens (tertiary/aromatic N) is 3. The van der Waals surface area contributed by atoms with Crippen molar-refractivity contribution in [3.63, 3.8) is 0 Å². The van der Waals surface area contributed by atoms with Gasteiger partial charge in [-0.1, -0.05) is 0 Å². The van der Waals surface area contributed by atoms with Crippen molar-refractivity contribution in [1.29, 1.82) is 0 Å². The maximum atomic E-state index is 12.8. The Bertz CT molecular complexity index is 676. The van der Waals surface area contributed by atoms with E-state index in [2.05, 4.69) is 26.0 Å². The van der Waals surface area contributed by atoms with Crippen molar-refractivity contribution in [1.82, 2.24) is 14.6 Å². The van der Waals surface area contributed by atoms with Crippen LogP contribution in [0.5, 0.6) is 0 Å². The lowest BCUT2D eigenvalue weighted by atomic mass is 10.2. The molecule has 0 amide bonds. The Labute approximate surface area is 105 Å². The zero-order chi connectivity index (χ0) is 11.8. The molecule has 0 saturated carbocycles. The van der Waals surface area contributed by atoms with Gasteiger partial charge in [0.2, 0.25) is 0 Å². The molecule has 0 aliphatic rings. The minimum atomic E-state index is -0.265. The van der Waals surface area contributed by atoms with Crippen molar-refractivity contribution < 1.29 is 4.39 Å². The summed E-state index contributed by atoms with van der Waals surface area (Å²) in [4.78, 5) is 4.39. The predicted octanol–water partition coefficient (Wildman–Crippen LogP) is 3.30. The third-order valence-corrected chi connectivity index (χ3v) is 3.04. The average molecular weight is 292 g/mol. The highest BCUT2D eigenvalue weighted by Crippen LogP contribution is 2.20. The Kier molecular flexibility index (Phi) is 2.40. The van der Waals surface area contributed by atoms with E-state index in [9.17, 15) is 4.39 Å². The molecule has 5 heteroatoms. The highest BCUT2D eigenvalue weighted by molar-refractivity contribution is 9.10. The van der Waals surface area contributed by atoms with Crippen molar-refractivity contribution in [2.45, 2.75) is 0 Å². The van der Waals surface area contributed by atoms with Crippen LogP contribution in [0.3, 0.4) is 0 Å². The molecule has 84 valence electrons. The van der Waals surface area contributed by atoms with Crippen LogP contribution in [0.4, 0.5) is 4.39 Å². The van der Waals surface area contributed by atoms with Crippen molar-refractivity contribution in [3.05, 3.63) is 52.9 Å². The maximum absolute atomic E-state index is 12.8. The van der Waals surface area contributed by atoms with Crippen LogP contribution < -0.4 is 0 Å². The third kappa shape index (κ3) is 1.82. The molecule has 3 nitrogen and oxygen atoms in total. The summed E-state index contributed by atoms with van der Waals surface area (Å²) in [7, 11) is 0. The largest absolute Gasteiger partial charge is 0.219 e. The molecular weight excluding hydrogens is 285 g/mol. The van der Waals surface area contributed by atoms with E-state index in [1.54, 1.807) is 16.6 Å². The van der Waals surface area contributed by atoms with Crippen LogP contribution in [0.15, 0.2) is 47.1 Å². The van der Waals surface area contributed by atoms with Gasteiger partial charge in [0, 0.05) is 11.8 Å². The van der Waals surface area contributed by atoms with E-state index in [-0.39, 0.29) is 5.82 Å². The second-order valence-electron chi connectivity index (χ2n) is 3.57. The van der Waals surface area contributed by atoms with Gasteiger partial charge in [-0.3, -0.25) is 0 Å². The van der Waals surface area contributed by atoms with E-state index in [4.69, 9.17) is 0 Å². The lowest BCUT2D eigenvalue weighted by molar-refractivity contribution is 0.628. The summed E-state index contributed by atoms with van der Waals surface area (Å²) in [6.45, 7) is 0. The molecule has 0 N–H and O–H groups in total. The fraction of sp³-hybridized carbons (Fsp3) is 0. The SMILES string of the molecule is Fc1ccc(-c2nc3c(Br)cccn3n2)cc1. The number of benzene rings is 1. The summed E-state index contributed by atoms with van der Waals surface area (Å²) in [5, 5.41) is 4.33. The first-order chi connectivity index (χ1) is 8.24. The van der Waals surface area contributed by atoms with Crippen molar-refractivity contribution in [3.8, 4) is 11.4 Å². The average Bonchev–Trinajstić information content (AvgIpc) is 2.75. The summed E-state index contributed by atoms with van der Waals surface area (Å²) in [5.74, 6) is 0.315. The molecule has 0 spiro atoms. The molecule has 0 unspecified atom stereocenters. The minimum Gasteiger partial charge on any atom is -0.219 e. The summed E-state index contributed by atoms with van der Waals surface area (Å²) >= 11 is 3.41. The monoisotopic (exact) mass is 291 g/mol. The van der Waals surface area contributed by atoms with E-state index in [1.807, 2.05) is 18.3 Å². The molecule has 1 aromatic carbocycles. The van der Waals surface area contributed by atoms with Crippen LogP contribution in [0.2, 0.25) is 0 Å². The van der Waals surface area contributed by atoms with E-state index in [0.717, 1.165) is 15.7 Å². The topological polar surface area (TPSA) is 30.2 Å². The quantitative estimate of drug-likeness (QED) is 0.689. The molecule has 3 rings (SSSR count). The summed E-state index contributed by atoms with van der Waals surface area (Å²) in [6, 6.07) is 9.90. The lowest BCUT2D eigenvalue weighted by Gasteiger charge is -1.93. The molecule has 0 saturated heterocycles. The number of halogens is 2. The van der Waals surface area contributed by atoms with Gasteiger partial charge in [0.05, 0.1) is 4.47 Å². The number of fused-ring (bicyclic) bond motifs is 1. The van der Waals surface area contributed by atoms with Crippen LogP contribution in [0.1, 0.15) is 0 Å². The van der Waals surface area contributed by atoms with Crippen molar-refractivity contribution >= 4 is 21.6 Å². The number of aromatic nitrogens is 3. The van der Waals surface area contributed by atoms with E-state index >= 15 is 0 Å². The second-order valence-corrected chi connectivity index (χ2v) is 4.42. The van der Waals surface area contributed by atoms with Gasteiger partial charge in [0.1, 0.15) is 5.82 Å². The number of hydrogen-bond acceptors (Lipinski definition) is 2. The van der Waals surface area contributed by atoms with Crippen LogP contribution in [0.25, 0.3) is 17.0 Å². The maximum Gasteiger partial charge on any atom is 0.182 e. The minimum absolute atomic E-state index is 0.265. The van der Waals surface area contributed by atoms with Gasteiger partial charge in [0.25, 0.3) is 0 Å². The molecule has 3 aromatic rings. The summed E-state index contributed by atoms with van der Waals surface area (Å²) in [5.41, 5.74) is 1.54. The van der Waals surface area contributed by atoms with Crippen LogP contribution >= 0.6 is 15.9 Å². The Morgan fingerprint density at radius 2 is 1.88 bits per heavy atom. The van der Waals surface area contributed by atoms with Gasteiger partial charge in [-0.05, 0) is 52.3 Å². The van der Waals surface area contributed by atoms with E-state index < -0.39 is 0 Å². The zero-order valence-electron chi connectivity index (χ0n) is 8.64. The van der Waals surface area contributed by atoms with Crippen molar-refractivity contribution in [2.75, 3.05) is 0 Å². The van der Waals surface area contributed by atoms with E-state index in [0.29, 0.717) is 5.82 Å². The molecule has 2 heterocycles. The van der Waals surface area contributed by atoms with Gasteiger partial charge in [-0.15, -0.1) is 5.10 Å². The van der Waals surface area contributed by atoms with Gasteiger partial charge < -0.3 is 0 Å².